The Balaban J connectivity index is 1.44. The van der Waals surface area contributed by atoms with Crippen molar-refractivity contribution >= 4 is 5.91 Å². The van der Waals surface area contributed by atoms with E-state index in [-0.39, 0.29) is 11.9 Å². The third kappa shape index (κ3) is 3.64. The Labute approximate surface area is 130 Å². The van der Waals surface area contributed by atoms with E-state index in [1.54, 1.807) is 0 Å². The third-order valence-electron chi connectivity index (χ3n) is 4.81. The van der Waals surface area contributed by atoms with E-state index in [0.29, 0.717) is 30.6 Å². The predicted molar refractivity (Wildman–Crippen MR) is 80.8 cm³/mol. The van der Waals surface area contributed by atoms with Crippen molar-refractivity contribution in [2.75, 3.05) is 26.2 Å². The molecule has 2 N–H and O–H groups in total. The number of piperazine rings is 1. The molecule has 0 aromatic carbocycles. The van der Waals surface area contributed by atoms with Crippen LogP contribution in [-0.4, -0.2) is 58.1 Å². The highest BCUT2D eigenvalue weighted by molar-refractivity contribution is 5.76. The van der Waals surface area contributed by atoms with Crippen molar-refractivity contribution in [1.82, 2.24) is 19.9 Å². The van der Waals surface area contributed by atoms with Crippen LogP contribution in [0.2, 0.25) is 0 Å². The molecular formula is C15H25N5O2. The molecule has 1 saturated carbocycles. The Hall–Kier alpha value is -1.47. The van der Waals surface area contributed by atoms with E-state index in [2.05, 4.69) is 15.0 Å². The van der Waals surface area contributed by atoms with Crippen LogP contribution in [0.5, 0.6) is 0 Å². The lowest BCUT2D eigenvalue weighted by Crippen LogP contribution is -2.49. The second kappa shape index (κ2) is 6.75. The Morgan fingerprint density at radius 2 is 2.09 bits per heavy atom. The quantitative estimate of drug-likeness (QED) is 0.873. The van der Waals surface area contributed by atoms with Crippen LogP contribution in [0.1, 0.15) is 37.4 Å². The molecule has 1 aromatic rings. The Morgan fingerprint density at radius 3 is 2.68 bits per heavy atom. The highest BCUT2D eigenvalue weighted by Crippen LogP contribution is 2.27. The Kier molecular flexibility index (Phi) is 4.73. The van der Waals surface area contributed by atoms with Gasteiger partial charge in [0.2, 0.25) is 11.8 Å². The maximum atomic E-state index is 12.4. The van der Waals surface area contributed by atoms with Crippen molar-refractivity contribution < 1.29 is 9.32 Å². The summed E-state index contributed by atoms with van der Waals surface area (Å²) < 4.78 is 5.14. The number of carbonyl (C=O) groups excluding carboxylic acids is 1. The number of aryl methyl sites for hydroxylation is 1. The maximum absolute atomic E-state index is 12.4. The van der Waals surface area contributed by atoms with Gasteiger partial charge in [0, 0.05) is 38.6 Å². The van der Waals surface area contributed by atoms with Crippen molar-refractivity contribution in [3.63, 3.8) is 0 Å². The minimum absolute atomic E-state index is 0.214. The number of hydrogen-bond acceptors (Lipinski definition) is 6. The van der Waals surface area contributed by atoms with Crippen molar-refractivity contribution in [3.05, 3.63) is 11.7 Å². The number of carbonyl (C=O) groups is 1. The molecule has 3 rings (SSSR count). The topological polar surface area (TPSA) is 88.5 Å². The minimum Gasteiger partial charge on any atom is -0.340 e. The van der Waals surface area contributed by atoms with Crippen LogP contribution < -0.4 is 5.73 Å². The monoisotopic (exact) mass is 307 g/mol. The van der Waals surface area contributed by atoms with Crippen LogP contribution >= 0.6 is 0 Å². The molecule has 1 aromatic heterocycles. The molecule has 0 spiro atoms. The number of nitrogens with zero attached hydrogens (tertiary/aromatic N) is 4. The zero-order chi connectivity index (χ0) is 15.5. The van der Waals surface area contributed by atoms with Crippen molar-refractivity contribution in [3.8, 4) is 0 Å². The first-order valence-electron chi connectivity index (χ1n) is 8.16. The van der Waals surface area contributed by atoms with Gasteiger partial charge in [-0.25, -0.2) is 0 Å². The van der Waals surface area contributed by atoms with Crippen molar-refractivity contribution in [2.45, 2.75) is 45.2 Å². The van der Waals surface area contributed by atoms with Crippen LogP contribution in [0.3, 0.4) is 0 Å². The number of nitrogens with two attached hydrogens (primary N) is 1. The molecule has 7 heteroatoms. The van der Waals surface area contributed by atoms with E-state index in [1.807, 2.05) is 11.8 Å². The van der Waals surface area contributed by atoms with E-state index >= 15 is 0 Å². The van der Waals surface area contributed by atoms with Crippen LogP contribution in [0.15, 0.2) is 4.52 Å². The largest absolute Gasteiger partial charge is 0.340 e. The highest BCUT2D eigenvalue weighted by Gasteiger charge is 2.29. The smallest absolute Gasteiger partial charge is 0.240 e. The average molecular weight is 307 g/mol. The molecule has 1 saturated heterocycles. The molecule has 0 radical (unpaired) electrons. The van der Waals surface area contributed by atoms with Crippen LogP contribution in [0.4, 0.5) is 0 Å². The fourth-order valence-electron chi connectivity index (χ4n) is 3.42. The summed E-state index contributed by atoms with van der Waals surface area (Å²) in [5, 5.41) is 3.80. The maximum Gasteiger partial charge on any atom is 0.240 e. The lowest BCUT2D eigenvalue weighted by molar-refractivity contribution is -0.134. The summed E-state index contributed by atoms with van der Waals surface area (Å²) in [6.07, 6.45) is 3.94. The minimum atomic E-state index is 0.214. The lowest BCUT2D eigenvalue weighted by atomic mass is 9.99. The number of rotatable bonds is 4. The van der Waals surface area contributed by atoms with Gasteiger partial charge >= 0.3 is 0 Å². The number of amides is 1. The van der Waals surface area contributed by atoms with Gasteiger partial charge in [0.25, 0.3) is 0 Å². The van der Waals surface area contributed by atoms with Crippen LogP contribution in [0, 0.1) is 12.8 Å². The molecule has 2 atom stereocenters. The first-order chi connectivity index (χ1) is 10.6. The van der Waals surface area contributed by atoms with Gasteiger partial charge in [-0.1, -0.05) is 11.6 Å². The zero-order valence-electron chi connectivity index (χ0n) is 13.2. The number of hydrogen-bond donors (Lipinski definition) is 1. The molecular weight excluding hydrogens is 282 g/mol. The summed E-state index contributed by atoms with van der Waals surface area (Å²) in [5.74, 6) is 1.95. The molecule has 0 unspecified atom stereocenters. The molecule has 1 amide bonds. The number of aromatic nitrogens is 2. The molecule has 1 aliphatic carbocycles. The Morgan fingerprint density at radius 1 is 1.32 bits per heavy atom. The summed E-state index contributed by atoms with van der Waals surface area (Å²) >= 11 is 0. The van der Waals surface area contributed by atoms with Gasteiger partial charge in [-0.3, -0.25) is 9.69 Å². The van der Waals surface area contributed by atoms with Gasteiger partial charge < -0.3 is 15.2 Å². The van der Waals surface area contributed by atoms with E-state index in [1.165, 1.54) is 0 Å². The van der Waals surface area contributed by atoms with Gasteiger partial charge in [0.15, 0.2) is 5.82 Å². The SMILES string of the molecule is Cc1noc(CN2CCN(C(=O)C[C@@H]3CCC[C@H]3N)CC2)n1. The van der Waals surface area contributed by atoms with Gasteiger partial charge in [0.05, 0.1) is 6.54 Å². The van der Waals surface area contributed by atoms with Crippen molar-refractivity contribution in [1.29, 1.82) is 0 Å². The molecule has 7 nitrogen and oxygen atoms in total. The average Bonchev–Trinajstić information content (AvgIpc) is 3.09. The first-order valence-corrected chi connectivity index (χ1v) is 8.16. The second-order valence-corrected chi connectivity index (χ2v) is 6.45. The normalized spacial score (nSPS) is 26.5. The van der Waals surface area contributed by atoms with E-state index < -0.39 is 0 Å². The Bertz CT molecular complexity index is 510. The van der Waals surface area contributed by atoms with Gasteiger partial charge in [0.1, 0.15) is 0 Å². The molecule has 22 heavy (non-hydrogen) atoms. The fraction of sp³-hybridized carbons (Fsp3) is 0.800. The van der Waals surface area contributed by atoms with E-state index in [0.717, 1.165) is 45.4 Å². The summed E-state index contributed by atoms with van der Waals surface area (Å²) in [6, 6.07) is 0.214. The summed E-state index contributed by atoms with van der Waals surface area (Å²) in [4.78, 5) is 20.8. The van der Waals surface area contributed by atoms with Gasteiger partial charge in [-0.2, -0.15) is 4.98 Å². The summed E-state index contributed by atoms with van der Waals surface area (Å²) in [7, 11) is 0. The van der Waals surface area contributed by atoms with Crippen LogP contribution in [-0.2, 0) is 11.3 Å². The molecule has 2 aliphatic rings. The first kappa shape index (κ1) is 15.4. The zero-order valence-corrected chi connectivity index (χ0v) is 13.2. The van der Waals surface area contributed by atoms with Gasteiger partial charge in [-0.15, -0.1) is 0 Å². The highest BCUT2D eigenvalue weighted by atomic mass is 16.5. The van der Waals surface area contributed by atoms with Gasteiger partial charge in [-0.05, 0) is 25.7 Å². The molecule has 2 fully saturated rings. The fourth-order valence-corrected chi connectivity index (χ4v) is 3.42. The lowest BCUT2D eigenvalue weighted by Gasteiger charge is -2.34. The van der Waals surface area contributed by atoms with Crippen molar-refractivity contribution in [2.24, 2.45) is 11.7 Å². The summed E-state index contributed by atoms with van der Waals surface area (Å²) in [5.41, 5.74) is 6.06. The van der Waals surface area contributed by atoms with Crippen LogP contribution in [0.25, 0.3) is 0 Å². The molecule has 122 valence electrons. The van der Waals surface area contributed by atoms with E-state index in [9.17, 15) is 4.79 Å². The van der Waals surface area contributed by atoms with E-state index in [4.69, 9.17) is 10.3 Å². The standard InChI is InChI=1S/C15H25N5O2/c1-11-17-14(22-18-11)10-19-5-7-20(8-6-19)15(21)9-12-3-2-4-13(12)16/h12-13H,2-10,16H2,1H3/t12-,13+/m0/s1. The molecule has 0 bridgehead atoms. The second-order valence-electron chi connectivity index (χ2n) is 6.45. The molecule has 1 aliphatic heterocycles. The summed E-state index contributed by atoms with van der Waals surface area (Å²) in [6.45, 7) is 5.73. The third-order valence-corrected chi connectivity index (χ3v) is 4.81. The predicted octanol–water partition coefficient (Wildman–Crippen LogP) is 0.540. The molecule has 2 heterocycles.